The molecule has 1 heterocycles. The van der Waals surface area contributed by atoms with Gasteiger partial charge in [-0.2, -0.15) is 0 Å². The monoisotopic (exact) mass is 376 g/mol. The summed E-state index contributed by atoms with van der Waals surface area (Å²) in [6.07, 6.45) is -0.989. The van der Waals surface area contributed by atoms with Crippen molar-refractivity contribution in [3.8, 4) is 0 Å². The van der Waals surface area contributed by atoms with Crippen LogP contribution in [0.4, 0.5) is 5.69 Å². The van der Waals surface area contributed by atoms with Gasteiger partial charge in [-0.05, 0) is 37.3 Å². The van der Waals surface area contributed by atoms with Gasteiger partial charge in [0.2, 0.25) is 0 Å². The van der Waals surface area contributed by atoms with Gasteiger partial charge in [-0.3, -0.25) is 4.79 Å². The van der Waals surface area contributed by atoms with Gasteiger partial charge in [-0.25, -0.2) is 4.79 Å². The molecule has 3 aromatic rings. The molecule has 0 aliphatic heterocycles. The van der Waals surface area contributed by atoms with Crippen LogP contribution in [-0.4, -0.2) is 23.0 Å². The van der Waals surface area contributed by atoms with Crippen molar-refractivity contribution in [2.24, 2.45) is 0 Å². The van der Waals surface area contributed by atoms with E-state index in [-0.39, 0.29) is 5.69 Å². The number of aromatic nitrogens is 1. The third kappa shape index (κ3) is 4.13. The lowest BCUT2D eigenvalue weighted by molar-refractivity contribution is -0.123. The Balaban J connectivity index is 1.67. The van der Waals surface area contributed by atoms with Crippen molar-refractivity contribution in [2.75, 3.05) is 5.32 Å². The quantitative estimate of drug-likeness (QED) is 0.650. The van der Waals surface area contributed by atoms with Gasteiger partial charge < -0.3 is 15.0 Å². The number of rotatable bonds is 4. The number of hydrogen-bond donors (Lipinski definition) is 2. The van der Waals surface area contributed by atoms with E-state index in [9.17, 15) is 9.59 Å². The molecule has 3 rings (SSSR count). The molecule has 25 heavy (non-hydrogen) atoms. The average molecular weight is 377 g/mol. The Morgan fingerprint density at radius 1 is 1.08 bits per heavy atom. The number of hydrogen-bond acceptors (Lipinski definition) is 3. The van der Waals surface area contributed by atoms with Crippen LogP contribution in [0.2, 0.25) is 10.0 Å². The Labute approximate surface area is 153 Å². The van der Waals surface area contributed by atoms with E-state index in [4.69, 9.17) is 27.9 Å². The van der Waals surface area contributed by atoms with Crippen LogP contribution in [0, 0.1) is 0 Å². The van der Waals surface area contributed by atoms with Crippen molar-refractivity contribution in [3.05, 3.63) is 64.3 Å². The lowest BCUT2D eigenvalue weighted by Crippen LogP contribution is -2.30. The predicted molar refractivity (Wildman–Crippen MR) is 98.3 cm³/mol. The van der Waals surface area contributed by atoms with E-state index >= 15 is 0 Å². The summed E-state index contributed by atoms with van der Waals surface area (Å²) in [5.74, 6) is -1.09. The fourth-order valence-electron chi connectivity index (χ4n) is 2.33. The zero-order chi connectivity index (χ0) is 18.0. The number of anilines is 1. The minimum atomic E-state index is -0.989. The van der Waals surface area contributed by atoms with Crippen molar-refractivity contribution in [3.63, 3.8) is 0 Å². The molecule has 0 aliphatic carbocycles. The molecule has 5 nitrogen and oxygen atoms in total. The molecule has 2 aromatic carbocycles. The minimum Gasteiger partial charge on any atom is -0.448 e. The highest BCUT2D eigenvalue weighted by Gasteiger charge is 2.20. The van der Waals surface area contributed by atoms with Crippen LogP contribution < -0.4 is 5.32 Å². The molecule has 0 unspecified atom stereocenters. The molecule has 0 radical (unpaired) electrons. The number of nitrogens with one attached hydrogen (secondary N) is 2. The maximum atomic E-state index is 12.2. The molecule has 128 valence electrons. The molecule has 0 saturated carbocycles. The summed E-state index contributed by atoms with van der Waals surface area (Å²) >= 11 is 11.8. The summed E-state index contributed by atoms with van der Waals surface area (Å²) in [5.41, 5.74) is 1.53. The number of esters is 1. The number of carbonyl (C=O) groups is 2. The van der Waals surface area contributed by atoms with Crippen LogP contribution >= 0.6 is 23.2 Å². The first kappa shape index (κ1) is 17.3. The topological polar surface area (TPSA) is 71.2 Å². The highest BCUT2D eigenvalue weighted by Crippen LogP contribution is 2.23. The Kier molecular flexibility index (Phi) is 4.97. The molecule has 0 saturated heterocycles. The second kappa shape index (κ2) is 7.17. The van der Waals surface area contributed by atoms with Crippen LogP contribution in [0.3, 0.4) is 0 Å². The maximum absolute atomic E-state index is 12.2. The smallest absolute Gasteiger partial charge is 0.355 e. The van der Waals surface area contributed by atoms with E-state index in [0.717, 1.165) is 10.9 Å². The first-order valence-electron chi connectivity index (χ1n) is 7.48. The fraction of sp³-hybridized carbons (Fsp3) is 0.111. The summed E-state index contributed by atoms with van der Waals surface area (Å²) in [5, 5.41) is 4.29. The number of amides is 1. The Morgan fingerprint density at radius 2 is 1.76 bits per heavy atom. The molecule has 1 atom stereocenters. The van der Waals surface area contributed by atoms with Crippen LogP contribution in [0.25, 0.3) is 10.9 Å². The fourth-order valence-corrected chi connectivity index (χ4v) is 2.86. The summed E-state index contributed by atoms with van der Waals surface area (Å²) in [4.78, 5) is 27.4. The zero-order valence-electron chi connectivity index (χ0n) is 13.2. The number of halogens is 2. The highest BCUT2D eigenvalue weighted by atomic mass is 35.5. The van der Waals surface area contributed by atoms with Gasteiger partial charge in [0.05, 0.1) is 0 Å². The summed E-state index contributed by atoms with van der Waals surface area (Å²) in [6, 6.07) is 13.8. The van der Waals surface area contributed by atoms with E-state index in [1.54, 1.807) is 24.3 Å². The third-order valence-corrected chi connectivity index (χ3v) is 3.97. The second-order valence-corrected chi connectivity index (χ2v) is 6.34. The lowest BCUT2D eigenvalue weighted by Gasteiger charge is -2.13. The van der Waals surface area contributed by atoms with Gasteiger partial charge in [0.15, 0.2) is 6.10 Å². The van der Waals surface area contributed by atoms with Crippen molar-refractivity contribution < 1.29 is 14.3 Å². The largest absolute Gasteiger partial charge is 0.448 e. The predicted octanol–water partition coefficient (Wildman–Crippen LogP) is 4.66. The summed E-state index contributed by atoms with van der Waals surface area (Å²) in [7, 11) is 0. The van der Waals surface area contributed by atoms with E-state index in [1.807, 2.05) is 24.3 Å². The van der Waals surface area contributed by atoms with E-state index < -0.39 is 18.0 Å². The number of ether oxygens (including phenoxy) is 1. The molecule has 7 heteroatoms. The molecular formula is C18H14Cl2N2O3. The van der Waals surface area contributed by atoms with Gasteiger partial charge in [0.25, 0.3) is 5.91 Å². The standard InChI is InChI=1S/C18H14Cl2N2O3/c1-10(17(23)21-14-8-12(19)7-13(20)9-14)25-18(24)16-6-11-4-2-3-5-15(11)22-16/h2-10,22H,1H3,(H,21,23)/t10-/m0/s1. The van der Waals surface area contributed by atoms with Crippen LogP contribution in [-0.2, 0) is 9.53 Å². The molecular weight excluding hydrogens is 363 g/mol. The van der Waals surface area contributed by atoms with Crippen LogP contribution in [0.15, 0.2) is 48.5 Å². The third-order valence-electron chi connectivity index (χ3n) is 3.53. The average Bonchev–Trinajstić information content (AvgIpc) is 2.97. The Bertz CT molecular complexity index is 899. The van der Waals surface area contributed by atoms with Crippen molar-refractivity contribution in [1.82, 2.24) is 4.98 Å². The number of benzene rings is 2. The first-order chi connectivity index (χ1) is 11.9. The van der Waals surface area contributed by atoms with E-state index in [1.165, 1.54) is 6.92 Å². The molecule has 1 aromatic heterocycles. The number of aromatic amines is 1. The number of H-pyrrole nitrogens is 1. The number of fused-ring (bicyclic) bond motifs is 1. The second-order valence-electron chi connectivity index (χ2n) is 5.47. The van der Waals surface area contributed by atoms with Gasteiger partial charge in [-0.1, -0.05) is 41.4 Å². The number of carbonyl (C=O) groups excluding carboxylic acids is 2. The molecule has 0 spiro atoms. The summed E-state index contributed by atoms with van der Waals surface area (Å²) in [6.45, 7) is 1.49. The first-order valence-corrected chi connectivity index (χ1v) is 8.23. The normalized spacial score (nSPS) is 12.0. The SMILES string of the molecule is C[C@H](OC(=O)c1cc2ccccc2[nH]1)C(=O)Nc1cc(Cl)cc(Cl)c1. The highest BCUT2D eigenvalue weighted by molar-refractivity contribution is 6.35. The van der Waals surface area contributed by atoms with Crippen molar-refractivity contribution >= 4 is 51.7 Å². The van der Waals surface area contributed by atoms with E-state index in [2.05, 4.69) is 10.3 Å². The van der Waals surface area contributed by atoms with Crippen LogP contribution in [0.1, 0.15) is 17.4 Å². The van der Waals surface area contributed by atoms with Crippen molar-refractivity contribution in [1.29, 1.82) is 0 Å². The van der Waals surface area contributed by atoms with Gasteiger partial charge in [0, 0.05) is 26.6 Å². The molecule has 0 aliphatic rings. The summed E-state index contributed by atoms with van der Waals surface area (Å²) < 4.78 is 5.21. The lowest BCUT2D eigenvalue weighted by atomic mass is 10.2. The molecule has 0 bridgehead atoms. The van der Waals surface area contributed by atoms with Gasteiger partial charge in [-0.15, -0.1) is 0 Å². The Morgan fingerprint density at radius 3 is 2.44 bits per heavy atom. The molecule has 0 fully saturated rings. The van der Waals surface area contributed by atoms with Gasteiger partial charge in [0.1, 0.15) is 5.69 Å². The van der Waals surface area contributed by atoms with E-state index in [0.29, 0.717) is 15.7 Å². The van der Waals surface area contributed by atoms with Crippen molar-refractivity contribution in [2.45, 2.75) is 13.0 Å². The van der Waals surface area contributed by atoms with Crippen LogP contribution in [0.5, 0.6) is 0 Å². The maximum Gasteiger partial charge on any atom is 0.355 e. The number of para-hydroxylation sites is 1. The molecule has 2 N–H and O–H groups in total. The minimum absolute atomic E-state index is 0.284. The zero-order valence-corrected chi connectivity index (χ0v) is 14.7. The molecule has 1 amide bonds. The van der Waals surface area contributed by atoms with Gasteiger partial charge >= 0.3 is 5.97 Å². The Hall–Kier alpha value is -2.50.